The van der Waals surface area contributed by atoms with Crippen molar-refractivity contribution in [1.29, 1.82) is 0 Å². The number of ether oxygens (including phenoxy) is 3. The van der Waals surface area contributed by atoms with E-state index in [2.05, 4.69) is 20.3 Å². The summed E-state index contributed by atoms with van der Waals surface area (Å²) >= 11 is 0. The van der Waals surface area contributed by atoms with Crippen LogP contribution in [0.5, 0.6) is 0 Å². The molecule has 212 valence electrons. The Morgan fingerprint density at radius 3 is 2.02 bits per heavy atom. The molecule has 2 N–H and O–H groups in total. The molecule has 0 aliphatic carbocycles. The van der Waals surface area contributed by atoms with Gasteiger partial charge in [0.1, 0.15) is 12.4 Å². The van der Waals surface area contributed by atoms with Crippen molar-refractivity contribution in [2.45, 2.75) is 31.1 Å². The van der Waals surface area contributed by atoms with Crippen molar-refractivity contribution in [2.75, 3.05) is 11.9 Å². The zero-order valence-electron chi connectivity index (χ0n) is 22.3. The Morgan fingerprint density at radius 2 is 1.40 bits per heavy atom. The Labute approximate surface area is 240 Å². The molecule has 1 aliphatic heterocycles. The van der Waals surface area contributed by atoms with Crippen LogP contribution in [0, 0.1) is 0 Å². The van der Waals surface area contributed by atoms with Gasteiger partial charge in [-0.05, 0) is 29.8 Å². The van der Waals surface area contributed by atoms with Crippen molar-refractivity contribution >= 4 is 28.9 Å². The number of nitrogens with one attached hydrogen (secondary N) is 1. The second kappa shape index (κ2) is 12.2. The molecule has 3 heterocycles. The molecule has 0 spiro atoms. The number of nitrogens with zero attached hydrogens (tertiary/aromatic N) is 4. The van der Waals surface area contributed by atoms with E-state index < -0.39 is 43.1 Å². The van der Waals surface area contributed by atoms with Crippen LogP contribution in [0.15, 0.2) is 104 Å². The average Bonchev–Trinajstić information content (AvgIpc) is 3.62. The smallest absolute Gasteiger partial charge is 0.338 e. The van der Waals surface area contributed by atoms with Gasteiger partial charge < -0.3 is 24.6 Å². The maximum absolute atomic E-state index is 13.2. The van der Waals surface area contributed by atoms with Crippen molar-refractivity contribution in [2.24, 2.45) is 0 Å². The third kappa shape index (κ3) is 5.55. The van der Waals surface area contributed by atoms with Gasteiger partial charge in [-0.1, -0.05) is 66.7 Å². The number of carbonyl (C=O) groups is 2. The van der Waals surface area contributed by atoms with E-state index in [0.29, 0.717) is 34.7 Å². The summed E-state index contributed by atoms with van der Waals surface area (Å²) in [6, 6.07) is 26.7. The van der Waals surface area contributed by atoms with Crippen LogP contribution in [-0.4, -0.2) is 61.5 Å². The number of aromatic nitrogens is 4. The van der Waals surface area contributed by atoms with Gasteiger partial charge >= 0.3 is 11.9 Å². The Balaban J connectivity index is 1.33. The highest BCUT2D eigenvalue weighted by Crippen LogP contribution is 2.36. The van der Waals surface area contributed by atoms with Crippen LogP contribution in [0.1, 0.15) is 32.5 Å². The fraction of sp³-hybridized carbons (Fsp3) is 0.194. The van der Waals surface area contributed by atoms with Crippen molar-refractivity contribution in [3.05, 3.63) is 120 Å². The summed E-state index contributed by atoms with van der Waals surface area (Å²) in [5.41, 5.74) is 2.54. The maximum atomic E-state index is 13.2. The molecule has 6 rings (SSSR count). The number of rotatable bonds is 9. The first kappa shape index (κ1) is 27.1. The van der Waals surface area contributed by atoms with E-state index in [4.69, 9.17) is 14.2 Å². The van der Waals surface area contributed by atoms with Crippen LogP contribution in [0.4, 0.5) is 5.82 Å². The number of hydrogen-bond acceptors (Lipinski definition) is 10. The SMILES string of the molecule is O=C(O[C@@H]1[C@H](OC(=O)c2ccccc2)[C@@H](CO)O[C@H]1n1cnc2c(NCc3ccccc3)ncnc21)c1ccccc1. The number of benzene rings is 3. The van der Waals surface area contributed by atoms with Gasteiger partial charge in [0.15, 0.2) is 35.4 Å². The number of aliphatic hydroxyl groups excluding tert-OH is 1. The molecule has 0 bridgehead atoms. The lowest BCUT2D eigenvalue weighted by Gasteiger charge is -2.24. The summed E-state index contributed by atoms with van der Waals surface area (Å²) in [7, 11) is 0. The van der Waals surface area contributed by atoms with Crippen molar-refractivity contribution in [3.63, 3.8) is 0 Å². The number of esters is 2. The van der Waals surface area contributed by atoms with Crippen LogP contribution in [-0.2, 0) is 20.8 Å². The first-order chi connectivity index (χ1) is 20.6. The van der Waals surface area contributed by atoms with E-state index in [0.717, 1.165) is 5.56 Å². The third-order valence-electron chi connectivity index (χ3n) is 6.91. The van der Waals surface area contributed by atoms with Gasteiger partial charge in [0.25, 0.3) is 0 Å². The van der Waals surface area contributed by atoms with Gasteiger partial charge in [0.2, 0.25) is 0 Å². The van der Waals surface area contributed by atoms with Crippen LogP contribution in [0.25, 0.3) is 11.2 Å². The molecule has 2 aromatic heterocycles. The molecule has 1 saturated heterocycles. The van der Waals surface area contributed by atoms with Gasteiger partial charge in [-0.3, -0.25) is 4.57 Å². The molecule has 11 heteroatoms. The van der Waals surface area contributed by atoms with Crippen LogP contribution < -0.4 is 5.32 Å². The highest BCUT2D eigenvalue weighted by molar-refractivity contribution is 5.90. The molecular weight excluding hydrogens is 538 g/mol. The van der Waals surface area contributed by atoms with E-state index in [1.165, 1.54) is 12.7 Å². The molecule has 4 atom stereocenters. The van der Waals surface area contributed by atoms with E-state index in [-0.39, 0.29) is 0 Å². The van der Waals surface area contributed by atoms with E-state index in [9.17, 15) is 14.7 Å². The number of hydrogen-bond donors (Lipinski definition) is 2. The Hall–Kier alpha value is -5.13. The normalized spacial score (nSPS) is 19.8. The Morgan fingerprint density at radius 1 is 0.810 bits per heavy atom. The van der Waals surface area contributed by atoms with Crippen molar-refractivity contribution in [3.8, 4) is 0 Å². The summed E-state index contributed by atoms with van der Waals surface area (Å²) in [5.74, 6) is -0.781. The minimum absolute atomic E-state index is 0.306. The van der Waals surface area contributed by atoms with Crippen LogP contribution >= 0.6 is 0 Å². The summed E-state index contributed by atoms with van der Waals surface area (Å²) in [5, 5.41) is 13.5. The second-order valence-electron chi connectivity index (χ2n) is 9.61. The molecule has 0 radical (unpaired) electrons. The number of carbonyl (C=O) groups excluding carboxylic acids is 2. The third-order valence-corrected chi connectivity index (χ3v) is 6.91. The predicted molar refractivity (Wildman–Crippen MR) is 151 cm³/mol. The highest BCUT2D eigenvalue weighted by Gasteiger charge is 2.51. The second-order valence-corrected chi connectivity index (χ2v) is 9.61. The summed E-state index contributed by atoms with van der Waals surface area (Å²) in [4.78, 5) is 39.6. The number of anilines is 1. The zero-order chi connectivity index (χ0) is 28.9. The lowest BCUT2D eigenvalue weighted by Crippen LogP contribution is -2.40. The molecule has 0 unspecified atom stereocenters. The maximum Gasteiger partial charge on any atom is 0.338 e. The fourth-order valence-corrected chi connectivity index (χ4v) is 4.83. The van der Waals surface area contributed by atoms with E-state index in [1.807, 2.05) is 30.3 Å². The molecule has 0 saturated carbocycles. The average molecular weight is 566 g/mol. The Kier molecular flexibility index (Phi) is 7.84. The monoisotopic (exact) mass is 565 g/mol. The first-order valence-corrected chi connectivity index (χ1v) is 13.4. The molecule has 42 heavy (non-hydrogen) atoms. The molecule has 3 aromatic carbocycles. The van der Waals surface area contributed by atoms with Gasteiger partial charge in [0.05, 0.1) is 24.1 Å². The lowest BCUT2D eigenvalue weighted by atomic mass is 10.1. The van der Waals surface area contributed by atoms with Crippen LogP contribution in [0.2, 0.25) is 0 Å². The number of aliphatic hydroxyl groups is 1. The number of fused-ring (bicyclic) bond motifs is 1. The summed E-state index contributed by atoms with van der Waals surface area (Å²) in [6.07, 6.45) is -1.40. The first-order valence-electron chi connectivity index (χ1n) is 13.4. The van der Waals surface area contributed by atoms with Gasteiger partial charge in [-0.15, -0.1) is 0 Å². The molecule has 1 aliphatic rings. The van der Waals surface area contributed by atoms with Gasteiger partial charge in [-0.2, -0.15) is 0 Å². The van der Waals surface area contributed by atoms with Gasteiger partial charge in [0, 0.05) is 6.54 Å². The Bertz CT molecular complexity index is 1670. The van der Waals surface area contributed by atoms with E-state index in [1.54, 1.807) is 65.2 Å². The van der Waals surface area contributed by atoms with E-state index >= 15 is 0 Å². The summed E-state index contributed by atoms with van der Waals surface area (Å²) in [6.45, 7) is 0.0231. The van der Waals surface area contributed by atoms with Crippen molar-refractivity contribution in [1.82, 2.24) is 19.5 Å². The summed E-state index contributed by atoms with van der Waals surface area (Å²) < 4.78 is 19.5. The quantitative estimate of drug-likeness (QED) is 0.254. The van der Waals surface area contributed by atoms with Gasteiger partial charge in [-0.25, -0.2) is 24.5 Å². The fourth-order valence-electron chi connectivity index (χ4n) is 4.83. The largest absolute Gasteiger partial charge is 0.452 e. The van der Waals surface area contributed by atoms with Crippen molar-refractivity contribution < 1.29 is 28.9 Å². The molecule has 1 fully saturated rings. The minimum Gasteiger partial charge on any atom is -0.452 e. The topological polar surface area (TPSA) is 138 Å². The molecular formula is C31H27N5O6. The number of imidazole rings is 1. The minimum atomic E-state index is -1.14. The highest BCUT2D eigenvalue weighted by atomic mass is 16.6. The zero-order valence-corrected chi connectivity index (χ0v) is 22.3. The molecule has 11 nitrogen and oxygen atoms in total. The standard InChI is InChI=1S/C31H27N5O6/c37-17-23-25(41-30(38)21-12-6-2-7-13-21)26(42-31(39)22-14-8-3-9-15-22)29(40-23)36-19-35-24-27(33-18-34-28(24)36)32-16-20-10-4-1-5-11-20/h1-15,18-19,23,25-26,29,37H,16-17H2,(H,32,33,34)/t23-,25-,26-,29-/m1/s1. The molecule has 5 aromatic rings. The predicted octanol–water partition coefficient (Wildman–Crippen LogP) is 3.78. The molecule has 0 amide bonds. The lowest BCUT2D eigenvalue weighted by molar-refractivity contribution is -0.0566. The van der Waals surface area contributed by atoms with Crippen LogP contribution in [0.3, 0.4) is 0 Å².